The lowest BCUT2D eigenvalue weighted by molar-refractivity contribution is 0.735. The number of allylic oxidation sites excluding steroid dienone is 1. The first-order valence-electron chi connectivity index (χ1n) is 11.4. The van der Waals surface area contributed by atoms with Crippen LogP contribution in [0.5, 0.6) is 0 Å². The molecule has 3 heterocycles. The van der Waals surface area contributed by atoms with Crippen LogP contribution in [0.1, 0.15) is 45.9 Å². The number of nitrogen functional groups attached to an aromatic ring is 1. The van der Waals surface area contributed by atoms with Gasteiger partial charge in [-0.15, -0.1) is 10.2 Å². The van der Waals surface area contributed by atoms with Gasteiger partial charge in [-0.05, 0) is 40.2 Å². The van der Waals surface area contributed by atoms with Crippen molar-refractivity contribution in [2.45, 2.75) is 34.6 Å². The topological polar surface area (TPSA) is 155 Å². The molecule has 0 aliphatic heterocycles. The maximum absolute atomic E-state index is 9.69. The molecule has 0 radical (unpaired) electrons. The summed E-state index contributed by atoms with van der Waals surface area (Å²) < 4.78 is 2.89. The van der Waals surface area contributed by atoms with Gasteiger partial charge < -0.3 is 15.5 Å². The van der Waals surface area contributed by atoms with E-state index in [1.807, 2.05) is 37.5 Å². The monoisotopic (exact) mass is 477 g/mol. The Labute approximate surface area is 204 Å². The van der Waals surface area contributed by atoms with Crippen molar-refractivity contribution in [3.05, 3.63) is 24.0 Å². The minimum Gasteiger partial charge on any atom is -0.382 e. The largest absolute Gasteiger partial charge is 0.382 e. The van der Waals surface area contributed by atoms with Crippen LogP contribution in [0.3, 0.4) is 0 Å². The first-order valence-corrected chi connectivity index (χ1v) is 11.4. The van der Waals surface area contributed by atoms with Gasteiger partial charge in [0.1, 0.15) is 23.1 Å². The van der Waals surface area contributed by atoms with Crippen molar-refractivity contribution < 1.29 is 0 Å². The summed E-state index contributed by atoms with van der Waals surface area (Å²) in [6, 6.07) is 2.10. The zero-order chi connectivity index (χ0) is 25.7. The smallest absolute Gasteiger partial charge is 0.259 e. The molecule has 35 heavy (non-hydrogen) atoms. The summed E-state index contributed by atoms with van der Waals surface area (Å²) in [5.41, 5.74) is 7.92. The number of nitriles is 1. The van der Waals surface area contributed by atoms with Gasteiger partial charge in [0, 0.05) is 33.2 Å². The van der Waals surface area contributed by atoms with Crippen molar-refractivity contribution in [3.8, 4) is 12.0 Å². The number of aromatic nitrogens is 7. The number of azo groups is 1. The number of anilines is 3. The molecule has 2 N–H and O–H groups in total. The van der Waals surface area contributed by atoms with Crippen molar-refractivity contribution in [2.75, 3.05) is 41.7 Å². The Bertz CT molecular complexity index is 1240. The van der Waals surface area contributed by atoms with Gasteiger partial charge >= 0.3 is 0 Å². The summed E-state index contributed by atoms with van der Waals surface area (Å²) in [6.45, 7) is 16.7. The molecular weight excluding hydrogens is 446 g/mol. The van der Waals surface area contributed by atoms with Gasteiger partial charge in [0.25, 0.3) is 5.95 Å². The summed E-state index contributed by atoms with van der Waals surface area (Å²) in [4.78, 5) is 18.0. The Morgan fingerprint density at radius 2 is 1.63 bits per heavy atom. The van der Waals surface area contributed by atoms with Crippen molar-refractivity contribution >= 4 is 34.8 Å². The van der Waals surface area contributed by atoms with Gasteiger partial charge in [-0.2, -0.15) is 35.1 Å². The Hall–Kier alpha value is -4.34. The van der Waals surface area contributed by atoms with E-state index in [2.05, 4.69) is 48.0 Å². The lowest BCUT2D eigenvalue weighted by atomic mass is 10.2. The molecule has 0 spiro atoms. The van der Waals surface area contributed by atoms with Gasteiger partial charge in [-0.1, -0.05) is 6.58 Å². The Balaban J connectivity index is 2.19. The third-order valence-electron chi connectivity index (χ3n) is 5.46. The molecule has 0 atom stereocenters. The molecule has 0 aliphatic carbocycles. The summed E-state index contributed by atoms with van der Waals surface area (Å²) in [7, 11) is 1.71. The SMILES string of the molecule is C=C(C)c1nn(C)c(N)c1N=Nc1c(C#N)cnn1-c1nc(N(CC)CC)nc(N(CC)CC)n1. The lowest BCUT2D eigenvalue weighted by Crippen LogP contribution is -2.29. The van der Waals surface area contributed by atoms with E-state index in [9.17, 15) is 5.26 Å². The van der Waals surface area contributed by atoms with E-state index < -0.39 is 0 Å². The van der Waals surface area contributed by atoms with E-state index in [1.54, 1.807) is 14.0 Å². The highest BCUT2D eigenvalue weighted by Crippen LogP contribution is 2.33. The Morgan fingerprint density at radius 1 is 1.06 bits per heavy atom. The summed E-state index contributed by atoms with van der Waals surface area (Å²) >= 11 is 0. The molecule has 0 saturated carbocycles. The Kier molecular flexibility index (Phi) is 7.75. The average molecular weight is 478 g/mol. The lowest BCUT2D eigenvalue weighted by Gasteiger charge is -2.23. The number of hydrogen-bond donors (Lipinski definition) is 1. The predicted octanol–water partition coefficient (Wildman–Crippen LogP) is 3.39. The summed E-state index contributed by atoms with van der Waals surface area (Å²) in [6.07, 6.45) is 1.40. The maximum atomic E-state index is 9.69. The highest BCUT2D eigenvalue weighted by Gasteiger charge is 2.21. The number of nitrogens with zero attached hydrogens (tertiary/aromatic N) is 12. The van der Waals surface area contributed by atoms with Crippen LogP contribution < -0.4 is 15.5 Å². The second-order valence-electron chi connectivity index (χ2n) is 7.67. The van der Waals surface area contributed by atoms with Crippen LogP contribution >= 0.6 is 0 Å². The highest BCUT2D eigenvalue weighted by atomic mass is 15.4. The van der Waals surface area contributed by atoms with E-state index in [4.69, 9.17) is 5.73 Å². The highest BCUT2D eigenvalue weighted by molar-refractivity contribution is 5.76. The molecule has 0 unspecified atom stereocenters. The number of nitrogens with two attached hydrogens (primary N) is 1. The third-order valence-corrected chi connectivity index (χ3v) is 5.46. The van der Waals surface area contributed by atoms with E-state index in [-0.39, 0.29) is 17.3 Å². The first kappa shape index (κ1) is 25.3. The van der Waals surface area contributed by atoms with Crippen LogP contribution in [0.15, 0.2) is 23.0 Å². The van der Waals surface area contributed by atoms with Crippen molar-refractivity contribution in [1.29, 1.82) is 5.26 Å². The van der Waals surface area contributed by atoms with Gasteiger partial charge in [-0.25, -0.2) is 0 Å². The normalized spacial score (nSPS) is 11.1. The molecule has 3 aromatic rings. The molecule has 0 amide bonds. The molecule has 3 rings (SSSR count). The average Bonchev–Trinajstić information content (AvgIpc) is 3.39. The summed E-state index contributed by atoms with van der Waals surface area (Å²) in [5, 5.41) is 27.0. The molecule has 184 valence electrons. The quantitative estimate of drug-likeness (QED) is 0.432. The molecule has 0 aliphatic rings. The Morgan fingerprint density at radius 3 is 2.11 bits per heavy atom. The number of aryl methyl sites for hydroxylation is 1. The van der Waals surface area contributed by atoms with Gasteiger partial charge in [-0.3, -0.25) is 4.68 Å². The second-order valence-corrected chi connectivity index (χ2v) is 7.67. The molecule has 13 heteroatoms. The first-order chi connectivity index (χ1) is 16.8. The van der Waals surface area contributed by atoms with Gasteiger partial charge in [0.15, 0.2) is 11.5 Å². The van der Waals surface area contributed by atoms with E-state index in [1.165, 1.54) is 15.6 Å². The fraction of sp³-hybridized carbons (Fsp3) is 0.455. The zero-order valence-corrected chi connectivity index (χ0v) is 21.1. The fourth-order valence-corrected chi connectivity index (χ4v) is 3.41. The fourth-order valence-electron chi connectivity index (χ4n) is 3.41. The zero-order valence-electron chi connectivity index (χ0n) is 21.1. The van der Waals surface area contributed by atoms with Crippen molar-refractivity contribution in [2.24, 2.45) is 17.3 Å². The molecule has 0 bridgehead atoms. The van der Waals surface area contributed by atoms with Crippen LogP contribution in [0.4, 0.5) is 29.2 Å². The van der Waals surface area contributed by atoms with Crippen LogP contribution in [0.2, 0.25) is 0 Å². The minimum absolute atomic E-state index is 0.172. The molecule has 13 nitrogen and oxygen atoms in total. The van der Waals surface area contributed by atoms with E-state index >= 15 is 0 Å². The van der Waals surface area contributed by atoms with Crippen LogP contribution in [0.25, 0.3) is 11.5 Å². The molecule has 0 fully saturated rings. The van der Waals surface area contributed by atoms with Crippen LogP contribution in [-0.4, -0.2) is 60.7 Å². The van der Waals surface area contributed by atoms with E-state index in [0.29, 0.717) is 34.7 Å². The maximum Gasteiger partial charge on any atom is 0.259 e. The standard InChI is InChI=1S/C22H31N13/c1-8-33(9-2)20-26-21(34(10-3)11-4)28-22(27-20)35-19(15(12-23)13-25-35)30-29-17-16(14(5)6)31-32(7)18(17)24/h13H,5,8-11,24H2,1-4,6-7H3. The van der Waals surface area contributed by atoms with Gasteiger partial charge in [0.05, 0.1) is 6.20 Å². The molecule has 3 aromatic heterocycles. The molecule has 0 saturated heterocycles. The van der Waals surface area contributed by atoms with E-state index in [0.717, 1.165) is 26.2 Å². The van der Waals surface area contributed by atoms with Crippen molar-refractivity contribution in [3.63, 3.8) is 0 Å². The molecular formula is C22H31N13. The third kappa shape index (κ3) is 4.96. The number of rotatable bonds is 10. The van der Waals surface area contributed by atoms with Gasteiger partial charge in [0.2, 0.25) is 11.9 Å². The summed E-state index contributed by atoms with van der Waals surface area (Å²) in [5.74, 6) is 1.76. The second kappa shape index (κ2) is 10.7. The van der Waals surface area contributed by atoms with Crippen molar-refractivity contribution in [1.82, 2.24) is 34.5 Å². The van der Waals surface area contributed by atoms with Crippen LogP contribution in [0, 0.1) is 11.3 Å². The molecule has 0 aromatic carbocycles. The van der Waals surface area contributed by atoms with Crippen LogP contribution in [-0.2, 0) is 7.05 Å². The minimum atomic E-state index is 0.172. The number of hydrogen-bond acceptors (Lipinski definition) is 11. The predicted molar refractivity (Wildman–Crippen MR) is 135 cm³/mol.